The molecule has 0 fully saturated rings. The van der Waals surface area contributed by atoms with Gasteiger partial charge in [0.2, 0.25) is 0 Å². The summed E-state index contributed by atoms with van der Waals surface area (Å²) in [5, 5.41) is 27.5. The van der Waals surface area contributed by atoms with Gasteiger partial charge in [-0.1, -0.05) is 6.58 Å². The zero-order valence-electron chi connectivity index (χ0n) is 20.1. The summed E-state index contributed by atoms with van der Waals surface area (Å²) in [6, 6.07) is 8.48. The molecule has 2 aromatic carbocycles. The molecule has 0 amide bonds. The fourth-order valence-corrected chi connectivity index (χ4v) is 2.89. The van der Waals surface area contributed by atoms with Gasteiger partial charge in [-0.2, -0.15) is 23.4 Å². The molecule has 14 heteroatoms. The lowest BCUT2D eigenvalue weighted by molar-refractivity contribution is -0.388. The Hall–Kier alpha value is -4.75. The number of hydrogen-bond donors (Lipinski definition) is 1. The van der Waals surface area contributed by atoms with E-state index in [2.05, 4.69) is 23.4 Å². The Kier molecular flexibility index (Phi) is 10.1. The Morgan fingerprint density at radius 2 is 1.53 bits per heavy atom. The molecule has 0 aliphatic rings. The number of ether oxygens (including phenoxy) is 2. The number of rotatable bonds is 12. The van der Waals surface area contributed by atoms with Crippen molar-refractivity contribution < 1.29 is 42.3 Å². The summed E-state index contributed by atoms with van der Waals surface area (Å²) in [5.74, 6) is -2.32. The van der Waals surface area contributed by atoms with Gasteiger partial charge in [0.05, 0.1) is 29.4 Å². The largest absolute Gasteiger partial charge is 0.502 e. The molecular formula is C24H23F3N4O7. The first-order valence-electron chi connectivity index (χ1n) is 10.8. The van der Waals surface area contributed by atoms with E-state index in [4.69, 9.17) is 14.6 Å². The third-order valence-corrected chi connectivity index (χ3v) is 4.75. The molecule has 202 valence electrons. The second kappa shape index (κ2) is 13.0. The first-order valence-corrected chi connectivity index (χ1v) is 10.8. The number of nitro groups is 1. The number of aliphatic hydroxyl groups is 1. The summed E-state index contributed by atoms with van der Waals surface area (Å²) in [5.41, 5.74) is -1.70. The van der Waals surface area contributed by atoms with E-state index in [9.17, 15) is 32.9 Å². The van der Waals surface area contributed by atoms with Gasteiger partial charge in [0.25, 0.3) is 5.69 Å². The van der Waals surface area contributed by atoms with Gasteiger partial charge < -0.3 is 19.5 Å². The molecule has 0 spiro atoms. The van der Waals surface area contributed by atoms with Gasteiger partial charge in [-0.15, -0.1) is 0 Å². The minimum atomic E-state index is -4.95. The van der Waals surface area contributed by atoms with E-state index in [0.717, 1.165) is 6.07 Å². The van der Waals surface area contributed by atoms with Crippen LogP contribution in [0.1, 0.15) is 12.5 Å². The number of alkyl halides is 3. The van der Waals surface area contributed by atoms with Gasteiger partial charge in [-0.3, -0.25) is 10.1 Å². The first-order chi connectivity index (χ1) is 17.8. The average molecular weight is 536 g/mol. The molecule has 0 heterocycles. The molecule has 0 unspecified atom stereocenters. The highest BCUT2D eigenvalue weighted by atomic mass is 19.4. The number of nitro benzene ring substituents is 1. The molecule has 38 heavy (non-hydrogen) atoms. The van der Waals surface area contributed by atoms with Crippen molar-refractivity contribution in [3.8, 4) is 0 Å². The third-order valence-electron chi connectivity index (χ3n) is 4.75. The number of nitrogens with zero attached hydrogens (tertiary/aromatic N) is 4. The summed E-state index contributed by atoms with van der Waals surface area (Å²) in [6.07, 6.45) is -4.95. The average Bonchev–Trinajstić information content (AvgIpc) is 2.85. The number of halogens is 3. The van der Waals surface area contributed by atoms with E-state index < -0.39 is 40.0 Å². The van der Waals surface area contributed by atoms with Crippen LogP contribution < -0.4 is 4.90 Å². The fourth-order valence-electron chi connectivity index (χ4n) is 2.89. The van der Waals surface area contributed by atoms with E-state index >= 15 is 0 Å². The second-order valence-corrected chi connectivity index (χ2v) is 7.66. The second-order valence-electron chi connectivity index (χ2n) is 7.66. The van der Waals surface area contributed by atoms with E-state index in [1.54, 1.807) is 17.0 Å². The molecule has 0 saturated carbocycles. The minimum absolute atomic E-state index is 0.0184. The highest BCUT2D eigenvalue weighted by Gasteiger charge is 2.38. The normalized spacial score (nSPS) is 11.2. The first kappa shape index (κ1) is 29.5. The van der Waals surface area contributed by atoms with Crippen LogP contribution >= 0.6 is 0 Å². The molecular weight excluding hydrogens is 513 g/mol. The molecule has 0 saturated heterocycles. The van der Waals surface area contributed by atoms with E-state index in [-0.39, 0.29) is 43.3 Å². The number of esters is 2. The number of carbonyl (C=O) groups excluding carboxylic acids is 2. The van der Waals surface area contributed by atoms with Crippen LogP contribution in [0, 0.1) is 10.1 Å². The molecule has 0 bridgehead atoms. The number of hydrogen-bond acceptors (Lipinski definition) is 10. The van der Waals surface area contributed by atoms with Gasteiger partial charge in [0, 0.05) is 17.3 Å². The van der Waals surface area contributed by atoms with Crippen molar-refractivity contribution >= 4 is 34.7 Å². The molecule has 0 radical (unpaired) electrons. The molecule has 0 atom stereocenters. The topological polar surface area (TPSA) is 144 Å². The summed E-state index contributed by atoms with van der Waals surface area (Å²) in [4.78, 5) is 34.5. The lowest BCUT2D eigenvalue weighted by Gasteiger charge is -2.24. The van der Waals surface area contributed by atoms with Gasteiger partial charge in [-0.25, -0.2) is 9.59 Å². The van der Waals surface area contributed by atoms with Gasteiger partial charge in [0.1, 0.15) is 18.8 Å². The number of azo groups is 1. The van der Waals surface area contributed by atoms with Crippen LogP contribution in [0.4, 0.5) is 35.9 Å². The molecule has 0 aliphatic carbocycles. The van der Waals surface area contributed by atoms with Crippen molar-refractivity contribution in [1.82, 2.24) is 0 Å². The lowest BCUT2D eigenvalue weighted by Crippen LogP contribution is -2.32. The van der Waals surface area contributed by atoms with Crippen LogP contribution in [0.15, 0.2) is 77.2 Å². The van der Waals surface area contributed by atoms with E-state index in [0.29, 0.717) is 17.8 Å². The Balaban J connectivity index is 2.17. The van der Waals surface area contributed by atoms with Crippen LogP contribution in [0.25, 0.3) is 0 Å². The van der Waals surface area contributed by atoms with Crippen molar-refractivity contribution in [1.29, 1.82) is 0 Å². The maximum absolute atomic E-state index is 13.2. The predicted molar refractivity (Wildman–Crippen MR) is 129 cm³/mol. The number of benzene rings is 2. The SMILES string of the molecule is C=C(C)C(=O)OCCN(CCOC(=O)C(=C)O)c1ccc(N=Nc2ccc([N+](=O)[O-])c(C(F)(F)F)c2)cc1. The van der Waals surface area contributed by atoms with Gasteiger partial charge >= 0.3 is 18.1 Å². The zero-order chi connectivity index (χ0) is 28.5. The van der Waals surface area contributed by atoms with E-state index in [1.807, 2.05) is 0 Å². The number of aliphatic hydroxyl groups excluding tert-OH is 1. The Bertz CT molecular complexity index is 1210. The molecule has 2 aromatic rings. The van der Waals surface area contributed by atoms with Crippen LogP contribution in [0.5, 0.6) is 0 Å². The van der Waals surface area contributed by atoms with Crippen molar-refractivity contribution in [3.63, 3.8) is 0 Å². The smallest absolute Gasteiger partial charge is 0.423 e. The highest BCUT2D eigenvalue weighted by molar-refractivity contribution is 5.87. The fraction of sp³-hybridized carbons (Fsp3) is 0.250. The van der Waals surface area contributed by atoms with Crippen LogP contribution in [-0.2, 0) is 25.2 Å². The lowest BCUT2D eigenvalue weighted by atomic mass is 10.1. The third kappa shape index (κ3) is 8.72. The number of anilines is 1. The van der Waals surface area contributed by atoms with Gasteiger partial charge in [-0.05, 0) is 49.9 Å². The van der Waals surface area contributed by atoms with Crippen LogP contribution in [0.3, 0.4) is 0 Å². The summed E-state index contributed by atoms with van der Waals surface area (Å²) < 4.78 is 49.4. The minimum Gasteiger partial charge on any atom is -0.502 e. The van der Waals surface area contributed by atoms with Gasteiger partial charge in [0.15, 0.2) is 5.76 Å². The van der Waals surface area contributed by atoms with Crippen molar-refractivity contribution in [2.24, 2.45) is 10.2 Å². The van der Waals surface area contributed by atoms with Crippen LogP contribution in [-0.4, -0.2) is 48.3 Å². The molecule has 11 nitrogen and oxygen atoms in total. The zero-order valence-corrected chi connectivity index (χ0v) is 20.1. The Morgan fingerprint density at radius 3 is 2.03 bits per heavy atom. The predicted octanol–water partition coefficient (Wildman–Crippen LogP) is 5.57. The monoisotopic (exact) mass is 536 g/mol. The molecule has 2 rings (SSSR count). The van der Waals surface area contributed by atoms with Crippen molar-refractivity contribution in [2.75, 3.05) is 31.2 Å². The Morgan fingerprint density at radius 1 is 1.00 bits per heavy atom. The van der Waals surface area contributed by atoms with E-state index in [1.165, 1.54) is 19.1 Å². The van der Waals surface area contributed by atoms with Crippen LogP contribution in [0.2, 0.25) is 0 Å². The molecule has 0 aliphatic heterocycles. The molecule has 1 N–H and O–H groups in total. The van der Waals surface area contributed by atoms with Crippen molar-refractivity contribution in [3.05, 3.63) is 82.6 Å². The van der Waals surface area contributed by atoms with Crippen molar-refractivity contribution in [2.45, 2.75) is 13.1 Å². The Labute approximate surface area is 214 Å². The maximum atomic E-state index is 13.2. The summed E-state index contributed by atoms with van der Waals surface area (Å²) in [7, 11) is 0. The summed E-state index contributed by atoms with van der Waals surface area (Å²) in [6.45, 7) is 8.25. The highest BCUT2D eigenvalue weighted by Crippen LogP contribution is 2.38. The standard InChI is InChI=1S/C24H23F3N4O7/c1-15(2)22(33)37-12-10-30(11-13-38-23(34)16(3)32)19-7-4-17(5-8-19)28-29-18-6-9-21(31(35)36)20(14-18)24(25,26)27/h4-9,14,32H,1,3,10-13H2,2H3. The quantitative estimate of drug-likeness (QED) is 0.0926. The summed E-state index contributed by atoms with van der Waals surface area (Å²) >= 11 is 0. The number of carbonyl (C=O) groups is 2. The molecule has 0 aromatic heterocycles. The maximum Gasteiger partial charge on any atom is 0.423 e.